The van der Waals surface area contributed by atoms with Gasteiger partial charge in [0.1, 0.15) is 0 Å². The molecule has 0 aliphatic rings. The third kappa shape index (κ3) is 3.98. The second-order valence-electron chi connectivity index (χ2n) is 4.54. The third-order valence-electron chi connectivity index (χ3n) is 2.96. The van der Waals surface area contributed by atoms with Crippen molar-refractivity contribution in [2.45, 2.75) is 13.8 Å². The molecule has 110 valence electrons. The zero-order valence-electron chi connectivity index (χ0n) is 12.4. The average Bonchev–Trinajstić information content (AvgIpc) is 2.46. The summed E-state index contributed by atoms with van der Waals surface area (Å²) >= 11 is 0. The molecule has 0 fully saturated rings. The number of anilines is 1. The largest absolute Gasteiger partial charge is 0.466 e. The first-order chi connectivity index (χ1) is 9.51. The van der Waals surface area contributed by atoms with Crippen LogP contribution in [0.4, 0.5) is 5.69 Å². The van der Waals surface area contributed by atoms with Crippen molar-refractivity contribution in [3.8, 4) is 0 Å². The van der Waals surface area contributed by atoms with E-state index in [2.05, 4.69) is 0 Å². The fraction of sp³-hybridized carbons (Fsp3) is 0.467. The summed E-state index contributed by atoms with van der Waals surface area (Å²) in [7, 11) is 3.18. The summed E-state index contributed by atoms with van der Waals surface area (Å²) in [6.07, 6.45) is 0. The lowest BCUT2D eigenvalue weighted by Gasteiger charge is -2.24. The molecule has 1 atom stereocenters. The molecule has 5 nitrogen and oxygen atoms in total. The highest BCUT2D eigenvalue weighted by Gasteiger charge is 2.19. The zero-order valence-corrected chi connectivity index (χ0v) is 12.4. The molecular weight excluding hydrogens is 258 g/mol. The molecule has 20 heavy (non-hydrogen) atoms. The van der Waals surface area contributed by atoms with Gasteiger partial charge in [-0.1, -0.05) is 19.1 Å². The van der Waals surface area contributed by atoms with E-state index in [1.165, 1.54) is 7.11 Å². The smallest absolute Gasteiger partial charge is 0.339 e. The maximum Gasteiger partial charge on any atom is 0.339 e. The van der Waals surface area contributed by atoms with Crippen LogP contribution in [-0.4, -0.2) is 39.2 Å². The molecule has 0 spiro atoms. The van der Waals surface area contributed by atoms with Crippen LogP contribution in [0, 0.1) is 5.92 Å². The topological polar surface area (TPSA) is 55.8 Å². The molecule has 0 bridgehead atoms. The van der Waals surface area contributed by atoms with E-state index < -0.39 is 5.97 Å². The lowest BCUT2D eigenvalue weighted by molar-refractivity contribution is -0.147. The minimum absolute atomic E-state index is 0.241. The van der Waals surface area contributed by atoms with Crippen molar-refractivity contribution >= 4 is 17.6 Å². The Bertz CT molecular complexity index is 473. The molecule has 1 aromatic carbocycles. The first kappa shape index (κ1) is 16.0. The van der Waals surface area contributed by atoms with Crippen LogP contribution >= 0.6 is 0 Å². The summed E-state index contributed by atoms with van der Waals surface area (Å²) in [5, 5.41) is 0. The van der Waals surface area contributed by atoms with Crippen LogP contribution in [0.25, 0.3) is 0 Å². The molecule has 1 aromatic rings. The van der Waals surface area contributed by atoms with Crippen LogP contribution in [0.1, 0.15) is 24.2 Å². The van der Waals surface area contributed by atoms with E-state index in [1.807, 2.05) is 24.1 Å². The van der Waals surface area contributed by atoms with E-state index in [4.69, 9.17) is 9.47 Å². The van der Waals surface area contributed by atoms with Crippen LogP contribution in [0.3, 0.4) is 0 Å². The number of rotatable bonds is 6. The highest BCUT2D eigenvalue weighted by atomic mass is 16.5. The monoisotopic (exact) mass is 279 g/mol. The normalized spacial score (nSPS) is 11.6. The van der Waals surface area contributed by atoms with Gasteiger partial charge in [0, 0.05) is 13.6 Å². The van der Waals surface area contributed by atoms with Gasteiger partial charge >= 0.3 is 11.9 Å². The van der Waals surface area contributed by atoms with Gasteiger partial charge < -0.3 is 14.4 Å². The van der Waals surface area contributed by atoms with Crippen molar-refractivity contribution in [2.75, 3.05) is 32.2 Å². The number of benzene rings is 1. The van der Waals surface area contributed by atoms with Crippen LogP contribution in [0.15, 0.2) is 24.3 Å². The molecule has 0 aliphatic heterocycles. The van der Waals surface area contributed by atoms with Crippen molar-refractivity contribution in [1.82, 2.24) is 0 Å². The van der Waals surface area contributed by atoms with E-state index in [0.29, 0.717) is 18.7 Å². The summed E-state index contributed by atoms with van der Waals surface area (Å²) in [4.78, 5) is 25.2. The molecular formula is C15H21NO4. The Labute approximate surface area is 119 Å². The van der Waals surface area contributed by atoms with Gasteiger partial charge in [-0.2, -0.15) is 0 Å². The zero-order chi connectivity index (χ0) is 15.1. The lowest BCUT2D eigenvalue weighted by atomic mass is 10.1. The fourth-order valence-corrected chi connectivity index (χ4v) is 1.96. The molecule has 0 saturated carbocycles. The Kier molecular flexibility index (Phi) is 6.03. The standard InChI is InChI=1S/C15H21NO4/c1-5-20-14(17)11(2)10-16(3)13-9-7-6-8-12(13)15(18)19-4/h6-9,11H,5,10H2,1-4H3. The van der Waals surface area contributed by atoms with E-state index in [9.17, 15) is 9.59 Å². The van der Waals surface area contributed by atoms with Gasteiger partial charge in [-0.25, -0.2) is 4.79 Å². The molecule has 0 saturated heterocycles. The van der Waals surface area contributed by atoms with Gasteiger partial charge in [-0.15, -0.1) is 0 Å². The number of carbonyl (C=O) groups is 2. The van der Waals surface area contributed by atoms with Gasteiger partial charge in [0.05, 0.1) is 30.9 Å². The van der Waals surface area contributed by atoms with Crippen molar-refractivity contribution in [3.63, 3.8) is 0 Å². The Morgan fingerprint density at radius 3 is 2.55 bits per heavy atom. The average molecular weight is 279 g/mol. The molecule has 1 unspecified atom stereocenters. The number of ether oxygens (including phenoxy) is 2. The molecule has 0 heterocycles. The lowest BCUT2D eigenvalue weighted by Crippen LogP contribution is -2.30. The molecule has 1 rings (SSSR count). The quantitative estimate of drug-likeness (QED) is 0.746. The van der Waals surface area contributed by atoms with Crippen LogP contribution in [-0.2, 0) is 14.3 Å². The van der Waals surface area contributed by atoms with Gasteiger partial charge in [-0.3, -0.25) is 4.79 Å². The van der Waals surface area contributed by atoms with Crippen molar-refractivity contribution in [1.29, 1.82) is 0 Å². The number of hydrogen-bond acceptors (Lipinski definition) is 5. The van der Waals surface area contributed by atoms with Gasteiger partial charge in [0.2, 0.25) is 0 Å². The maximum absolute atomic E-state index is 11.7. The Morgan fingerprint density at radius 1 is 1.30 bits per heavy atom. The molecule has 0 radical (unpaired) electrons. The first-order valence-electron chi connectivity index (χ1n) is 6.56. The molecule has 0 aromatic heterocycles. The van der Waals surface area contributed by atoms with E-state index in [0.717, 1.165) is 5.69 Å². The summed E-state index contributed by atoms with van der Waals surface area (Å²) in [5.41, 5.74) is 1.21. The Balaban J connectivity index is 2.84. The van der Waals surface area contributed by atoms with E-state index >= 15 is 0 Å². The second kappa shape index (κ2) is 7.53. The number of esters is 2. The van der Waals surface area contributed by atoms with Crippen molar-refractivity contribution < 1.29 is 19.1 Å². The summed E-state index contributed by atoms with van der Waals surface area (Å²) in [5.74, 6) is -0.906. The number of hydrogen-bond donors (Lipinski definition) is 0. The predicted octanol–water partition coefficient (Wildman–Crippen LogP) is 2.11. The maximum atomic E-state index is 11.7. The third-order valence-corrected chi connectivity index (χ3v) is 2.96. The molecule has 5 heteroatoms. The minimum atomic E-state index is -0.392. The Morgan fingerprint density at radius 2 is 1.95 bits per heavy atom. The number of nitrogens with zero attached hydrogens (tertiary/aromatic N) is 1. The number of carbonyl (C=O) groups excluding carboxylic acids is 2. The summed E-state index contributed by atoms with van der Waals surface area (Å²) in [6.45, 7) is 4.41. The Hall–Kier alpha value is -2.04. The minimum Gasteiger partial charge on any atom is -0.466 e. The van der Waals surface area contributed by atoms with Crippen molar-refractivity contribution in [3.05, 3.63) is 29.8 Å². The van der Waals surface area contributed by atoms with Gasteiger partial charge in [-0.05, 0) is 19.1 Å². The second-order valence-corrected chi connectivity index (χ2v) is 4.54. The van der Waals surface area contributed by atoms with Crippen LogP contribution < -0.4 is 4.90 Å². The fourth-order valence-electron chi connectivity index (χ4n) is 1.96. The first-order valence-corrected chi connectivity index (χ1v) is 6.56. The summed E-state index contributed by atoms with van der Waals surface area (Å²) < 4.78 is 9.74. The van der Waals surface area contributed by atoms with Crippen molar-refractivity contribution in [2.24, 2.45) is 5.92 Å². The van der Waals surface area contributed by atoms with Crippen LogP contribution in [0.2, 0.25) is 0 Å². The van der Waals surface area contributed by atoms with Crippen LogP contribution in [0.5, 0.6) is 0 Å². The van der Waals surface area contributed by atoms with Gasteiger partial charge in [0.25, 0.3) is 0 Å². The molecule has 0 aliphatic carbocycles. The molecule has 0 amide bonds. The van der Waals surface area contributed by atoms with E-state index in [1.54, 1.807) is 26.0 Å². The van der Waals surface area contributed by atoms with Gasteiger partial charge in [0.15, 0.2) is 0 Å². The molecule has 0 N–H and O–H groups in total. The number of methoxy groups -OCH3 is 1. The summed E-state index contributed by atoms with van der Waals surface area (Å²) in [6, 6.07) is 7.14. The predicted molar refractivity (Wildman–Crippen MR) is 76.8 cm³/mol. The SMILES string of the molecule is CCOC(=O)C(C)CN(C)c1ccccc1C(=O)OC. The highest BCUT2D eigenvalue weighted by molar-refractivity contribution is 5.95. The highest BCUT2D eigenvalue weighted by Crippen LogP contribution is 2.21. The van der Waals surface area contributed by atoms with E-state index in [-0.39, 0.29) is 11.9 Å². The number of para-hydroxylation sites is 1.